The Bertz CT molecular complexity index is 766. The van der Waals surface area contributed by atoms with E-state index in [1.54, 1.807) is 19.2 Å². The van der Waals surface area contributed by atoms with Crippen LogP contribution >= 0.6 is 0 Å². The maximum absolute atomic E-state index is 12.4. The molecule has 1 heterocycles. The summed E-state index contributed by atoms with van der Waals surface area (Å²) in [7, 11) is 0. The molecular weight excluding hydrogens is 335 g/mol. The number of aromatic nitrogens is 2. The largest absolute Gasteiger partial charge is 0.573 e. The van der Waals surface area contributed by atoms with Crippen molar-refractivity contribution in [3.63, 3.8) is 0 Å². The number of carbonyl (C=O) groups excluding carboxylic acids is 1. The molecule has 0 aliphatic heterocycles. The van der Waals surface area contributed by atoms with Crippen molar-refractivity contribution in [2.75, 3.05) is 6.54 Å². The Kier molecular flexibility index (Phi) is 4.45. The van der Waals surface area contributed by atoms with Gasteiger partial charge in [-0.25, -0.2) is 0 Å². The second-order valence-corrected chi connectivity index (χ2v) is 6.32. The molecule has 1 aromatic heterocycles. The summed E-state index contributed by atoms with van der Waals surface area (Å²) in [5.41, 5.74) is 1.50. The van der Waals surface area contributed by atoms with Gasteiger partial charge in [0.15, 0.2) is 0 Å². The van der Waals surface area contributed by atoms with Crippen LogP contribution in [0, 0.1) is 6.92 Å². The Morgan fingerprint density at radius 3 is 2.72 bits per heavy atom. The fourth-order valence-electron chi connectivity index (χ4n) is 3.11. The molecule has 1 aromatic carbocycles. The van der Waals surface area contributed by atoms with E-state index in [1.165, 1.54) is 18.2 Å². The highest BCUT2D eigenvalue weighted by Crippen LogP contribution is 2.44. The van der Waals surface area contributed by atoms with Crippen LogP contribution in [0.1, 0.15) is 40.9 Å². The molecule has 1 saturated carbocycles. The van der Waals surface area contributed by atoms with E-state index in [1.807, 2.05) is 0 Å². The summed E-state index contributed by atoms with van der Waals surface area (Å²) in [6.45, 7) is 2.12. The molecule has 0 radical (unpaired) electrons. The van der Waals surface area contributed by atoms with E-state index in [9.17, 15) is 18.0 Å². The van der Waals surface area contributed by atoms with E-state index in [0.717, 1.165) is 30.4 Å². The normalized spacial score (nSPS) is 16.2. The summed E-state index contributed by atoms with van der Waals surface area (Å²) in [5.74, 6) is -0.518. The van der Waals surface area contributed by atoms with Gasteiger partial charge >= 0.3 is 6.36 Å². The fourth-order valence-corrected chi connectivity index (χ4v) is 3.11. The quantitative estimate of drug-likeness (QED) is 0.865. The molecule has 5 nitrogen and oxygen atoms in total. The molecule has 1 amide bonds. The van der Waals surface area contributed by atoms with Gasteiger partial charge in [-0.15, -0.1) is 13.2 Å². The molecule has 8 heteroatoms. The van der Waals surface area contributed by atoms with Gasteiger partial charge in [-0.05, 0) is 43.0 Å². The van der Waals surface area contributed by atoms with Crippen LogP contribution in [-0.4, -0.2) is 29.0 Å². The van der Waals surface area contributed by atoms with Crippen LogP contribution in [0.15, 0.2) is 30.5 Å². The first-order chi connectivity index (χ1) is 11.8. The van der Waals surface area contributed by atoms with Crippen molar-refractivity contribution in [3.05, 3.63) is 47.3 Å². The zero-order valence-corrected chi connectivity index (χ0v) is 13.6. The van der Waals surface area contributed by atoms with Crippen molar-refractivity contribution in [1.29, 1.82) is 0 Å². The van der Waals surface area contributed by atoms with E-state index in [4.69, 9.17) is 0 Å². The van der Waals surface area contributed by atoms with Crippen molar-refractivity contribution in [1.82, 2.24) is 15.5 Å². The highest BCUT2D eigenvalue weighted by Gasteiger charge is 2.40. The number of hydrogen-bond acceptors (Lipinski definition) is 3. The lowest BCUT2D eigenvalue weighted by atomic mass is 9.64. The van der Waals surface area contributed by atoms with Crippen LogP contribution in [0.25, 0.3) is 0 Å². The van der Waals surface area contributed by atoms with Crippen molar-refractivity contribution in [3.8, 4) is 5.75 Å². The molecule has 0 unspecified atom stereocenters. The maximum atomic E-state index is 12.4. The lowest BCUT2D eigenvalue weighted by molar-refractivity contribution is -0.274. The van der Waals surface area contributed by atoms with E-state index in [2.05, 4.69) is 20.3 Å². The van der Waals surface area contributed by atoms with Crippen LogP contribution in [0.4, 0.5) is 13.2 Å². The summed E-state index contributed by atoms with van der Waals surface area (Å²) < 4.78 is 41.3. The van der Waals surface area contributed by atoms with Gasteiger partial charge in [-0.2, -0.15) is 5.10 Å². The zero-order chi connectivity index (χ0) is 18.1. The minimum atomic E-state index is -4.72. The van der Waals surface area contributed by atoms with Crippen molar-refractivity contribution < 1.29 is 22.7 Å². The second-order valence-electron chi connectivity index (χ2n) is 6.32. The standard InChI is InChI=1S/C17H18F3N3O2/c1-11-9-22-23-14(11)15(24)21-10-16(6-3-7-16)12-4-2-5-13(8-12)25-17(18,19)20/h2,4-5,8-9H,3,6-7,10H2,1H3,(H,21,24)(H,22,23). The topological polar surface area (TPSA) is 67.0 Å². The number of aryl methyl sites for hydroxylation is 1. The molecule has 1 aliphatic rings. The van der Waals surface area contributed by atoms with Crippen LogP contribution in [0.5, 0.6) is 5.75 Å². The molecule has 0 bridgehead atoms. The van der Waals surface area contributed by atoms with Gasteiger partial charge in [-0.3, -0.25) is 9.89 Å². The Morgan fingerprint density at radius 2 is 2.16 bits per heavy atom. The molecule has 2 aromatic rings. The Balaban J connectivity index is 1.74. The van der Waals surface area contributed by atoms with Gasteiger partial charge in [0.1, 0.15) is 11.4 Å². The summed E-state index contributed by atoms with van der Waals surface area (Å²) in [6, 6.07) is 5.99. The number of hydrogen-bond donors (Lipinski definition) is 2. The van der Waals surface area contributed by atoms with Gasteiger partial charge in [0, 0.05) is 12.0 Å². The van der Waals surface area contributed by atoms with E-state index in [0.29, 0.717) is 12.2 Å². The Hall–Kier alpha value is -2.51. The summed E-state index contributed by atoms with van der Waals surface area (Å²) in [4.78, 5) is 12.2. The minimum absolute atomic E-state index is 0.244. The van der Waals surface area contributed by atoms with Crippen LogP contribution in [0.3, 0.4) is 0 Å². The average Bonchev–Trinajstić information content (AvgIpc) is 2.91. The number of H-pyrrole nitrogens is 1. The molecule has 3 rings (SSSR count). The van der Waals surface area contributed by atoms with Crippen LogP contribution in [-0.2, 0) is 5.41 Å². The van der Waals surface area contributed by atoms with Crippen molar-refractivity contribution >= 4 is 5.91 Å². The summed E-state index contributed by atoms with van der Waals surface area (Å²) in [6.07, 6.45) is -0.609. The smallest absolute Gasteiger partial charge is 0.406 e. The van der Waals surface area contributed by atoms with Crippen molar-refractivity contribution in [2.45, 2.75) is 38.0 Å². The van der Waals surface area contributed by atoms with Gasteiger partial charge in [0.05, 0.1) is 6.20 Å². The Labute approximate surface area is 142 Å². The number of carbonyl (C=O) groups is 1. The lowest BCUT2D eigenvalue weighted by Gasteiger charge is -2.42. The first kappa shape index (κ1) is 17.3. The van der Waals surface area contributed by atoms with E-state index >= 15 is 0 Å². The third-order valence-electron chi connectivity index (χ3n) is 4.63. The fraction of sp³-hybridized carbons (Fsp3) is 0.412. The number of nitrogens with zero attached hydrogens (tertiary/aromatic N) is 1. The third-order valence-corrected chi connectivity index (χ3v) is 4.63. The average molecular weight is 353 g/mol. The molecule has 25 heavy (non-hydrogen) atoms. The first-order valence-electron chi connectivity index (χ1n) is 7.94. The van der Waals surface area contributed by atoms with E-state index < -0.39 is 6.36 Å². The Morgan fingerprint density at radius 1 is 1.40 bits per heavy atom. The number of amides is 1. The molecular formula is C17H18F3N3O2. The van der Waals surface area contributed by atoms with Crippen LogP contribution < -0.4 is 10.1 Å². The van der Waals surface area contributed by atoms with Crippen LogP contribution in [0.2, 0.25) is 0 Å². The third kappa shape index (κ3) is 3.78. The number of benzene rings is 1. The highest BCUT2D eigenvalue weighted by atomic mass is 19.4. The number of nitrogens with one attached hydrogen (secondary N) is 2. The lowest BCUT2D eigenvalue weighted by Crippen LogP contribution is -2.45. The van der Waals surface area contributed by atoms with Gasteiger partial charge in [-0.1, -0.05) is 18.6 Å². The monoisotopic (exact) mass is 353 g/mol. The van der Waals surface area contributed by atoms with E-state index in [-0.39, 0.29) is 17.1 Å². The molecule has 1 aliphatic carbocycles. The maximum Gasteiger partial charge on any atom is 0.573 e. The summed E-state index contributed by atoms with van der Waals surface area (Å²) in [5, 5.41) is 9.32. The molecule has 0 spiro atoms. The molecule has 134 valence electrons. The zero-order valence-electron chi connectivity index (χ0n) is 13.6. The number of halogens is 3. The number of alkyl halides is 3. The second kappa shape index (κ2) is 6.42. The molecule has 0 saturated heterocycles. The number of aromatic amines is 1. The van der Waals surface area contributed by atoms with Gasteiger partial charge in [0.2, 0.25) is 0 Å². The summed E-state index contributed by atoms with van der Waals surface area (Å²) >= 11 is 0. The predicted octanol–water partition coefficient (Wildman–Crippen LogP) is 3.47. The SMILES string of the molecule is Cc1cn[nH]c1C(=O)NCC1(c2cccc(OC(F)(F)F)c2)CCC1. The molecule has 0 atom stereocenters. The predicted molar refractivity (Wildman–Crippen MR) is 84.3 cm³/mol. The molecule has 2 N–H and O–H groups in total. The van der Waals surface area contributed by atoms with Gasteiger partial charge < -0.3 is 10.1 Å². The first-order valence-corrected chi connectivity index (χ1v) is 7.94. The van der Waals surface area contributed by atoms with Gasteiger partial charge in [0.25, 0.3) is 5.91 Å². The molecule has 1 fully saturated rings. The number of rotatable bonds is 5. The highest BCUT2D eigenvalue weighted by molar-refractivity contribution is 5.93. The van der Waals surface area contributed by atoms with Crippen molar-refractivity contribution in [2.24, 2.45) is 0 Å². The minimum Gasteiger partial charge on any atom is -0.406 e. The number of ether oxygens (including phenoxy) is 1.